The molecule has 200 valence electrons. The van der Waals surface area contributed by atoms with Crippen molar-refractivity contribution < 1.29 is 29.0 Å². The van der Waals surface area contributed by atoms with Crippen molar-refractivity contribution in [3.63, 3.8) is 0 Å². The molecule has 10 heteroatoms. The van der Waals surface area contributed by atoms with Crippen LogP contribution >= 0.6 is 11.3 Å². The largest absolute Gasteiger partial charge is 0.504 e. The molecule has 4 aromatic rings. The molecule has 0 spiro atoms. The van der Waals surface area contributed by atoms with Crippen molar-refractivity contribution in [2.45, 2.75) is 12.8 Å². The molecule has 0 bridgehead atoms. The second-order valence-electron chi connectivity index (χ2n) is 8.98. The first-order chi connectivity index (χ1) is 19.2. The topological polar surface area (TPSA) is 134 Å². The molecule has 0 saturated heterocycles. The zero-order valence-electron chi connectivity index (χ0n) is 21.4. The fourth-order valence-corrected chi connectivity index (χ4v) is 5.01. The number of nitrogens with one attached hydrogen (secondary N) is 2. The molecule has 0 saturated carbocycles. The number of phenolic OH excluding ortho intramolecular Hbond substituents is 1. The Kier molecular flexibility index (Phi) is 7.26. The van der Waals surface area contributed by atoms with Crippen LogP contribution in [0.1, 0.15) is 53.7 Å². The summed E-state index contributed by atoms with van der Waals surface area (Å²) >= 11 is 1.12. The van der Waals surface area contributed by atoms with Gasteiger partial charge in [-0.1, -0.05) is 12.1 Å². The quantitative estimate of drug-likeness (QED) is 0.192. The number of amides is 2. The summed E-state index contributed by atoms with van der Waals surface area (Å²) in [6.07, 6.45) is 1.49. The Bertz CT molecular complexity index is 1690. The lowest BCUT2D eigenvalue weighted by atomic mass is 9.97. The van der Waals surface area contributed by atoms with Crippen LogP contribution in [0, 0.1) is 0 Å². The molecular weight excluding hydrogens is 530 g/mol. The van der Waals surface area contributed by atoms with Crippen LogP contribution in [0.3, 0.4) is 0 Å². The van der Waals surface area contributed by atoms with Gasteiger partial charge < -0.3 is 20.5 Å². The Morgan fingerprint density at radius 3 is 2.38 bits per heavy atom. The second-order valence-corrected chi connectivity index (χ2v) is 10.1. The Balaban J connectivity index is 1.27. The summed E-state index contributed by atoms with van der Waals surface area (Å²) in [7, 11) is 1.45. The maximum atomic E-state index is 13.1. The third kappa shape index (κ3) is 5.38. The van der Waals surface area contributed by atoms with E-state index >= 15 is 0 Å². The van der Waals surface area contributed by atoms with E-state index in [2.05, 4.69) is 15.6 Å². The molecule has 0 aliphatic carbocycles. The number of fused-ring (bicyclic) bond motifs is 1. The zero-order valence-corrected chi connectivity index (χ0v) is 22.2. The monoisotopic (exact) mass is 553 g/mol. The van der Waals surface area contributed by atoms with Crippen molar-refractivity contribution in [1.29, 1.82) is 0 Å². The molecular formula is C30H23N3O6S. The highest BCUT2D eigenvalue weighted by Gasteiger charge is 2.30. The van der Waals surface area contributed by atoms with E-state index < -0.39 is 5.92 Å². The molecule has 1 unspecified atom stereocenters. The number of aromatic hydroxyl groups is 1. The standard InChI is InChI=1S/C30H23N3O6S/c1-16(34)26-11-12-27(40-26)30(38)32-19-6-3-17(4-7-19)28(36)18-5-9-21-22(29(37)33-23(21)13-18)15-31-20-8-10-25(39-2)24(35)14-20/h3-15,22,35H,1-2H3,(H,32,38)(H,33,37). The van der Waals surface area contributed by atoms with E-state index in [-0.39, 0.29) is 29.1 Å². The smallest absolute Gasteiger partial charge is 0.265 e. The number of carbonyl (C=O) groups is 4. The molecule has 1 aromatic heterocycles. The number of aliphatic imine (C=N–C) groups is 1. The van der Waals surface area contributed by atoms with Crippen molar-refractivity contribution >= 4 is 58.0 Å². The third-order valence-corrected chi connectivity index (χ3v) is 7.49. The van der Waals surface area contributed by atoms with Gasteiger partial charge in [0.05, 0.1) is 22.6 Å². The van der Waals surface area contributed by atoms with E-state index in [1.807, 2.05) is 0 Å². The van der Waals surface area contributed by atoms with Crippen LogP contribution in [0.2, 0.25) is 0 Å². The molecule has 0 radical (unpaired) electrons. The molecule has 5 rings (SSSR count). The molecule has 2 amide bonds. The Morgan fingerprint density at radius 2 is 1.70 bits per heavy atom. The number of carbonyl (C=O) groups excluding carboxylic acids is 4. The zero-order chi connectivity index (χ0) is 28.4. The maximum Gasteiger partial charge on any atom is 0.265 e. The van der Waals surface area contributed by atoms with Crippen LogP contribution < -0.4 is 15.4 Å². The van der Waals surface area contributed by atoms with E-state index in [0.717, 1.165) is 11.3 Å². The minimum Gasteiger partial charge on any atom is -0.504 e. The first-order valence-electron chi connectivity index (χ1n) is 12.2. The number of methoxy groups -OCH3 is 1. The first-order valence-corrected chi connectivity index (χ1v) is 13.0. The molecule has 2 heterocycles. The Labute approximate surface area is 233 Å². The predicted octanol–water partition coefficient (Wildman–Crippen LogP) is 5.59. The predicted molar refractivity (Wildman–Crippen MR) is 153 cm³/mol. The molecule has 1 aliphatic rings. The number of nitrogens with zero attached hydrogens (tertiary/aromatic N) is 1. The minimum absolute atomic E-state index is 0.0576. The van der Waals surface area contributed by atoms with Gasteiger partial charge in [0.25, 0.3) is 5.91 Å². The van der Waals surface area contributed by atoms with E-state index in [1.165, 1.54) is 26.3 Å². The summed E-state index contributed by atoms with van der Waals surface area (Å²) in [4.78, 5) is 55.0. The fraction of sp³-hybridized carbons (Fsp3) is 0.100. The highest BCUT2D eigenvalue weighted by Crippen LogP contribution is 2.34. The van der Waals surface area contributed by atoms with Crippen LogP contribution in [-0.2, 0) is 4.79 Å². The summed E-state index contributed by atoms with van der Waals surface area (Å²) in [5.41, 5.74) is 2.98. The van der Waals surface area contributed by atoms with Crippen LogP contribution in [0.5, 0.6) is 11.5 Å². The first kappa shape index (κ1) is 26.5. The number of thiophene rings is 1. The van der Waals surface area contributed by atoms with E-state index in [4.69, 9.17) is 4.74 Å². The number of ketones is 2. The number of phenols is 1. The summed E-state index contributed by atoms with van der Waals surface area (Å²) < 4.78 is 5.03. The summed E-state index contributed by atoms with van der Waals surface area (Å²) in [5, 5.41) is 15.5. The number of Topliss-reactive ketones (excluding diaryl/α,β-unsaturated/α-hetero) is 1. The van der Waals surface area contributed by atoms with Crippen molar-refractivity contribution in [2.75, 3.05) is 17.7 Å². The Morgan fingerprint density at radius 1 is 0.975 bits per heavy atom. The lowest BCUT2D eigenvalue weighted by Gasteiger charge is -2.07. The highest BCUT2D eigenvalue weighted by atomic mass is 32.1. The average Bonchev–Trinajstić information content (AvgIpc) is 3.56. The van der Waals surface area contributed by atoms with Gasteiger partial charge in [-0.3, -0.25) is 24.2 Å². The summed E-state index contributed by atoms with van der Waals surface area (Å²) in [6.45, 7) is 1.45. The van der Waals surface area contributed by atoms with Crippen LogP contribution in [0.15, 0.2) is 77.8 Å². The van der Waals surface area contributed by atoms with Gasteiger partial charge >= 0.3 is 0 Å². The molecule has 3 aromatic carbocycles. The number of hydrogen-bond acceptors (Lipinski definition) is 8. The number of hydrogen-bond donors (Lipinski definition) is 3. The molecule has 9 nitrogen and oxygen atoms in total. The maximum absolute atomic E-state index is 13.1. The molecule has 1 aliphatic heterocycles. The minimum atomic E-state index is -0.652. The Hall–Kier alpha value is -5.09. The van der Waals surface area contributed by atoms with Gasteiger partial charge in [0.15, 0.2) is 23.1 Å². The van der Waals surface area contributed by atoms with Crippen LogP contribution in [-0.4, -0.2) is 41.8 Å². The van der Waals surface area contributed by atoms with Gasteiger partial charge in [0.2, 0.25) is 5.91 Å². The lowest BCUT2D eigenvalue weighted by Crippen LogP contribution is -2.12. The number of anilines is 2. The van der Waals surface area contributed by atoms with Gasteiger partial charge in [-0.25, -0.2) is 0 Å². The lowest BCUT2D eigenvalue weighted by molar-refractivity contribution is -0.115. The van der Waals surface area contributed by atoms with Gasteiger partial charge in [-0.15, -0.1) is 11.3 Å². The van der Waals surface area contributed by atoms with E-state index in [0.29, 0.717) is 49.3 Å². The van der Waals surface area contributed by atoms with Gasteiger partial charge in [0.1, 0.15) is 5.92 Å². The number of rotatable bonds is 8. The molecule has 1 atom stereocenters. The SMILES string of the molecule is COc1ccc(N=CC2C(=O)Nc3cc(C(=O)c4ccc(NC(=O)c5ccc(C(C)=O)s5)cc4)ccc32)cc1O. The van der Waals surface area contributed by atoms with E-state index in [9.17, 15) is 24.3 Å². The number of ether oxygens (including phenoxy) is 1. The second kappa shape index (κ2) is 11.0. The normalized spacial score (nSPS) is 14.1. The van der Waals surface area contributed by atoms with Crippen LogP contribution in [0.25, 0.3) is 0 Å². The summed E-state index contributed by atoms with van der Waals surface area (Å²) in [6, 6.07) is 19.4. The van der Waals surface area contributed by atoms with Crippen molar-refractivity contribution in [3.05, 3.63) is 99.2 Å². The molecule has 40 heavy (non-hydrogen) atoms. The molecule has 0 fully saturated rings. The van der Waals surface area contributed by atoms with Gasteiger partial charge in [-0.2, -0.15) is 0 Å². The van der Waals surface area contributed by atoms with Crippen molar-refractivity contribution in [3.8, 4) is 11.5 Å². The fourth-order valence-electron chi connectivity index (χ4n) is 4.21. The highest BCUT2D eigenvalue weighted by molar-refractivity contribution is 7.16. The van der Waals surface area contributed by atoms with E-state index in [1.54, 1.807) is 66.7 Å². The van der Waals surface area contributed by atoms with Crippen molar-refractivity contribution in [2.24, 2.45) is 4.99 Å². The third-order valence-electron chi connectivity index (χ3n) is 6.31. The van der Waals surface area contributed by atoms with Gasteiger partial charge in [-0.05, 0) is 67.1 Å². The van der Waals surface area contributed by atoms with Crippen LogP contribution in [0.4, 0.5) is 17.1 Å². The average molecular weight is 554 g/mol. The van der Waals surface area contributed by atoms with Crippen molar-refractivity contribution in [1.82, 2.24) is 0 Å². The van der Waals surface area contributed by atoms with Gasteiger partial charge in [0, 0.05) is 34.8 Å². The number of benzene rings is 3. The molecule has 3 N–H and O–H groups in total. The summed E-state index contributed by atoms with van der Waals surface area (Å²) in [5.74, 6) is -1.35.